The van der Waals surface area contributed by atoms with Crippen LogP contribution in [-0.2, 0) is 4.84 Å². The van der Waals surface area contributed by atoms with Gasteiger partial charge in [-0.2, -0.15) is 0 Å². The van der Waals surface area contributed by atoms with E-state index < -0.39 is 0 Å². The monoisotopic (exact) mass is 444 g/mol. The van der Waals surface area contributed by atoms with Crippen molar-refractivity contribution in [2.45, 2.75) is 12.5 Å². The quantitative estimate of drug-likeness (QED) is 0.432. The minimum absolute atomic E-state index is 0.158. The molecule has 1 aromatic heterocycles. The van der Waals surface area contributed by atoms with Gasteiger partial charge in [-0.15, -0.1) is 0 Å². The van der Waals surface area contributed by atoms with Crippen LogP contribution in [0.25, 0.3) is 22.0 Å². The number of aromatic nitrogens is 1. The van der Waals surface area contributed by atoms with Crippen LogP contribution >= 0.6 is 15.9 Å². The fourth-order valence-corrected chi connectivity index (χ4v) is 4.18. The van der Waals surface area contributed by atoms with E-state index in [-0.39, 0.29) is 11.7 Å². The van der Waals surface area contributed by atoms with E-state index >= 15 is 0 Å². The summed E-state index contributed by atoms with van der Waals surface area (Å²) in [6.45, 7) is 0. The molecule has 2 heterocycles. The molecule has 0 bridgehead atoms. The van der Waals surface area contributed by atoms with Gasteiger partial charge in [-0.25, -0.2) is 0 Å². The summed E-state index contributed by atoms with van der Waals surface area (Å²) in [6.07, 6.45) is 0.360. The number of rotatable bonds is 3. The SMILES string of the molecule is O=c1[nH]c2ccc(Br)cc2c(-c2ccccc2)c1C1=NO[C@H](c2ccccc2)C1. The van der Waals surface area contributed by atoms with Gasteiger partial charge in [0, 0.05) is 27.4 Å². The Morgan fingerprint density at radius 1 is 0.931 bits per heavy atom. The standard InChI is InChI=1S/C24H17BrN2O2/c25-17-11-12-19-18(13-17)22(16-9-5-2-6-10-16)23(24(28)26-19)20-14-21(29-27-20)15-7-3-1-4-8-15/h1-13,21H,14H2,(H,26,28)/t21-/m0/s1. The van der Waals surface area contributed by atoms with Gasteiger partial charge in [0.15, 0.2) is 6.10 Å². The highest BCUT2D eigenvalue weighted by molar-refractivity contribution is 9.10. The summed E-state index contributed by atoms with van der Waals surface area (Å²) in [6, 6.07) is 25.8. The van der Waals surface area contributed by atoms with Crippen molar-refractivity contribution in [3.63, 3.8) is 0 Å². The average molecular weight is 445 g/mol. The van der Waals surface area contributed by atoms with E-state index in [1.807, 2.05) is 78.9 Å². The van der Waals surface area contributed by atoms with Gasteiger partial charge in [-0.3, -0.25) is 4.79 Å². The van der Waals surface area contributed by atoms with Crippen molar-refractivity contribution in [3.05, 3.63) is 105 Å². The molecule has 5 heteroatoms. The molecule has 1 N–H and O–H groups in total. The Bertz CT molecular complexity index is 1280. The molecule has 0 amide bonds. The van der Waals surface area contributed by atoms with Crippen molar-refractivity contribution in [2.75, 3.05) is 0 Å². The van der Waals surface area contributed by atoms with E-state index in [4.69, 9.17) is 4.84 Å². The second-order valence-electron chi connectivity index (χ2n) is 7.01. The molecule has 5 rings (SSSR count). The van der Waals surface area contributed by atoms with Gasteiger partial charge in [-0.05, 0) is 29.3 Å². The lowest BCUT2D eigenvalue weighted by atomic mass is 9.91. The number of oxime groups is 1. The van der Waals surface area contributed by atoms with Crippen LogP contribution in [0.1, 0.15) is 23.7 Å². The summed E-state index contributed by atoms with van der Waals surface area (Å²) in [5, 5.41) is 5.29. The van der Waals surface area contributed by atoms with E-state index in [1.165, 1.54) is 0 Å². The zero-order chi connectivity index (χ0) is 19.8. The third-order valence-electron chi connectivity index (χ3n) is 5.17. The number of nitrogens with zero attached hydrogens (tertiary/aromatic N) is 1. The number of hydrogen-bond acceptors (Lipinski definition) is 3. The number of halogens is 1. The second-order valence-corrected chi connectivity index (χ2v) is 7.92. The van der Waals surface area contributed by atoms with Crippen LogP contribution in [-0.4, -0.2) is 10.7 Å². The normalized spacial score (nSPS) is 15.9. The van der Waals surface area contributed by atoms with Crippen molar-refractivity contribution in [3.8, 4) is 11.1 Å². The zero-order valence-electron chi connectivity index (χ0n) is 15.4. The van der Waals surface area contributed by atoms with Gasteiger partial charge in [0.25, 0.3) is 5.56 Å². The first-order valence-electron chi connectivity index (χ1n) is 9.39. The van der Waals surface area contributed by atoms with Crippen molar-refractivity contribution < 1.29 is 4.84 Å². The van der Waals surface area contributed by atoms with Gasteiger partial charge >= 0.3 is 0 Å². The molecule has 3 aromatic carbocycles. The maximum atomic E-state index is 13.1. The van der Waals surface area contributed by atoms with Gasteiger partial charge in [0.2, 0.25) is 0 Å². The topological polar surface area (TPSA) is 54.5 Å². The van der Waals surface area contributed by atoms with Crippen LogP contribution in [0.2, 0.25) is 0 Å². The number of benzene rings is 3. The number of nitrogens with one attached hydrogen (secondary N) is 1. The second kappa shape index (κ2) is 7.33. The molecule has 0 saturated heterocycles. The molecular weight excluding hydrogens is 428 g/mol. The first-order valence-corrected chi connectivity index (χ1v) is 10.2. The Labute approximate surface area is 176 Å². The maximum absolute atomic E-state index is 13.1. The molecule has 142 valence electrons. The van der Waals surface area contributed by atoms with E-state index in [0.717, 1.165) is 32.1 Å². The maximum Gasteiger partial charge on any atom is 0.258 e. The molecule has 1 atom stereocenters. The Morgan fingerprint density at radius 2 is 1.66 bits per heavy atom. The Hall–Kier alpha value is -3.18. The molecule has 0 aliphatic carbocycles. The summed E-state index contributed by atoms with van der Waals surface area (Å²) in [7, 11) is 0. The highest BCUT2D eigenvalue weighted by atomic mass is 79.9. The average Bonchev–Trinajstić information content (AvgIpc) is 3.24. The summed E-state index contributed by atoms with van der Waals surface area (Å²) in [5.41, 5.74) is 4.77. The van der Waals surface area contributed by atoms with Crippen LogP contribution in [0.4, 0.5) is 0 Å². The molecule has 4 aromatic rings. The van der Waals surface area contributed by atoms with Gasteiger partial charge in [0.05, 0.1) is 11.3 Å². The summed E-state index contributed by atoms with van der Waals surface area (Å²) < 4.78 is 0.951. The summed E-state index contributed by atoms with van der Waals surface area (Å²) >= 11 is 3.56. The number of fused-ring (bicyclic) bond motifs is 1. The number of pyridine rings is 1. The molecular formula is C24H17BrN2O2. The van der Waals surface area contributed by atoms with Crippen LogP contribution in [0.5, 0.6) is 0 Å². The van der Waals surface area contributed by atoms with Crippen LogP contribution in [0, 0.1) is 0 Å². The Morgan fingerprint density at radius 3 is 2.41 bits per heavy atom. The molecule has 0 fully saturated rings. The van der Waals surface area contributed by atoms with Crippen molar-refractivity contribution >= 4 is 32.5 Å². The first kappa shape index (κ1) is 17.9. The molecule has 29 heavy (non-hydrogen) atoms. The van der Waals surface area contributed by atoms with Crippen molar-refractivity contribution in [1.29, 1.82) is 0 Å². The van der Waals surface area contributed by atoms with Crippen molar-refractivity contribution in [1.82, 2.24) is 4.98 Å². The van der Waals surface area contributed by atoms with Crippen LogP contribution < -0.4 is 5.56 Å². The predicted octanol–water partition coefficient (Wildman–Crippen LogP) is 5.82. The van der Waals surface area contributed by atoms with Crippen LogP contribution in [0.3, 0.4) is 0 Å². The minimum Gasteiger partial charge on any atom is -0.387 e. The molecule has 0 spiro atoms. The van der Waals surface area contributed by atoms with E-state index in [0.29, 0.717) is 17.7 Å². The summed E-state index contributed by atoms with van der Waals surface area (Å²) in [4.78, 5) is 21.9. The van der Waals surface area contributed by atoms with Crippen LogP contribution in [0.15, 0.2) is 93.3 Å². The largest absolute Gasteiger partial charge is 0.387 e. The molecule has 0 unspecified atom stereocenters. The first-order chi connectivity index (χ1) is 14.2. The molecule has 1 aliphatic heterocycles. The van der Waals surface area contributed by atoms with Crippen molar-refractivity contribution in [2.24, 2.45) is 5.16 Å². The van der Waals surface area contributed by atoms with Gasteiger partial charge < -0.3 is 9.82 Å². The summed E-state index contributed by atoms with van der Waals surface area (Å²) in [5.74, 6) is 0. The molecule has 0 radical (unpaired) electrons. The lowest BCUT2D eigenvalue weighted by molar-refractivity contribution is 0.0857. The lowest BCUT2D eigenvalue weighted by Gasteiger charge is -2.13. The van der Waals surface area contributed by atoms with E-state index in [9.17, 15) is 4.79 Å². The smallest absolute Gasteiger partial charge is 0.258 e. The fourth-order valence-electron chi connectivity index (χ4n) is 3.82. The fraction of sp³-hybridized carbons (Fsp3) is 0.0833. The third-order valence-corrected chi connectivity index (χ3v) is 5.66. The Kier molecular flexibility index (Phi) is 4.52. The van der Waals surface area contributed by atoms with Gasteiger partial charge in [0.1, 0.15) is 0 Å². The molecule has 0 saturated carbocycles. The van der Waals surface area contributed by atoms with Gasteiger partial charge in [-0.1, -0.05) is 81.7 Å². The zero-order valence-corrected chi connectivity index (χ0v) is 17.0. The third kappa shape index (κ3) is 3.28. The molecule has 4 nitrogen and oxygen atoms in total. The van der Waals surface area contributed by atoms with E-state index in [2.05, 4.69) is 26.1 Å². The predicted molar refractivity (Wildman–Crippen MR) is 119 cm³/mol. The number of aromatic amines is 1. The lowest BCUT2D eigenvalue weighted by Crippen LogP contribution is -2.20. The van der Waals surface area contributed by atoms with E-state index in [1.54, 1.807) is 0 Å². The minimum atomic E-state index is -0.188. The number of H-pyrrole nitrogens is 1. The highest BCUT2D eigenvalue weighted by Crippen LogP contribution is 2.35. The number of hydrogen-bond donors (Lipinski definition) is 1. The highest BCUT2D eigenvalue weighted by Gasteiger charge is 2.28. The Balaban J connectivity index is 1.70. The molecule has 1 aliphatic rings.